The first-order valence-corrected chi connectivity index (χ1v) is 25.3. The van der Waals surface area contributed by atoms with Crippen molar-refractivity contribution in [2.24, 2.45) is 0 Å². The molecule has 75 heavy (non-hydrogen) atoms. The average molecular weight is 1010 g/mol. The fourth-order valence-corrected chi connectivity index (χ4v) is 9.09. The van der Waals surface area contributed by atoms with E-state index in [2.05, 4.69) is 27.4 Å². The molecular weight excluding hydrogens is 945 g/mol. The molecule has 3 amide bonds. The summed E-state index contributed by atoms with van der Waals surface area (Å²) in [4.78, 5) is 50.3. The van der Waals surface area contributed by atoms with E-state index in [1.54, 1.807) is 9.80 Å². The molecule has 2 atom stereocenters. The lowest BCUT2D eigenvalue weighted by atomic mass is 9.87. The number of para-hydroxylation sites is 2. The van der Waals surface area contributed by atoms with Crippen LogP contribution in [0.25, 0.3) is 22.5 Å². The number of nitrogens with one attached hydrogen (secondary N) is 1. The quantitative estimate of drug-likeness (QED) is 0.124. The predicted octanol–water partition coefficient (Wildman–Crippen LogP) is 12.2. The van der Waals surface area contributed by atoms with Gasteiger partial charge in [0.2, 0.25) is 5.91 Å². The van der Waals surface area contributed by atoms with Gasteiger partial charge in [-0.25, -0.2) is 19.6 Å². The highest BCUT2D eigenvalue weighted by Gasteiger charge is 2.33. The van der Waals surface area contributed by atoms with E-state index in [9.17, 15) is 24.9 Å². The number of anilines is 2. The van der Waals surface area contributed by atoms with Crippen LogP contribution in [0.3, 0.4) is 0 Å². The fraction of sp³-hybridized carbons (Fsp3) is 0.350. The molecule has 2 saturated heterocycles. The molecule has 0 radical (unpaired) electrons. The summed E-state index contributed by atoms with van der Waals surface area (Å²) in [6.07, 6.45) is 2.47. The maximum absolute atomic E-state index is 12.8. The number of ether oxygens (including phenoxy) is 4. The molecule has 4 aromatic carbocycles. The van der Waals surface area contributed by atoms with Gasteiger partial charge in [-0.2, -0.15) is 10.5 Å². The monoisotopic (exact) mass is 1010 g/mol. The van der Waals surface area contributed by atoms with E-state index in [1.807, 2.05) is 163 Å². The van der Waals surface area contributed by atoms with Crippen molar-refractivity contribution in [3.63, 3.8) is 0 Å². The number of nitriles is 2. The van der Waals surface area contributed by atoms with Crippen LogP contribution >= 0.6 is 0 Å². The minimum absolute atomic E-state index is 0.0534. The Morgan fingerprint density at radius 2 is 1.04 bits per heavy atom. The largest absolute Gasteiger partial charge is 0.488 e. The number of likely N-dealkylation sites (tertiary alicyclic amines) is 2. The van der Waals surface area contributed by atoms with Gasteiger partial charge in [-0.05, 0) is 126 Å². The Bertz CT molecular complexity index is 3050. The molecule has 0 spiro atoms. The number of aromatic nitrogens is 2. The van der Waals surface area contributed by atoms with Gasteiger partial charge in [0.05, 0.1) is 22.5 Å². The molecule has 8 rings (SSSR count). The van der Waals surface area contributed by atoms with Crippen LogP contribution in [0.4, 0.5) is 21.2 Å². The highest BCUT2D eigenvalue weighted by Crippen LogP contribution is 2.39. The van der Waals surface area contributed by atoms with Crippen LogP contribution < -0.4 is 20.5 Å². The number of rotatable bonds is 11. The number of amides is 3. The number of carbonyl (C=O) groups excluding carboxylic acids is 3. The normalized spacial score (nSPS) is 15.5. The number of nitrogens with zero attached hydrogens (tertiary/aromatic N) is 6. The van der Waals surface area contributed by atoms with Crippen LogP contribution in [0.2, 0.25) is 0 Å². The number of piperidine rings is 2. The van der Waals surface area contributed by atoms with Gasteiger partial charge in [-0.1, -0.05) is 84.9 Å². The zero-order chi connectivity index (χ0) is 53.7. The molecular formula is C60H66N8O7. The molecule has 2 aromatic heterocycles. The molecule has 2 aliphatic heterocycles. The number of hydrogen-bond acceptors (Lipinski definition) is 12. The number of hydrogen-bond donors (Lipinski definition) is 2. The Morgan fingerprint density at radius 1 is 0.627 bits per heavy atom. The van der Waals surface area contributed by atoms with Crippen molar-refractivity contribution >= 4 is 29.7 Å². The minimum atomic E-state index is -0.603. The van der Waals surface area contributed by atoms with Crippen molar-refractivity contribution in [2.45, 2.75) is 110 Å². The molecule has 388 valence electrons. The summed E-state index contributed by atoms with van der Waals surface area (Å²) in [5.74, 6) is 1.19. The first-order valence-electron chi connectivity index (χ1n) is 25.3. The third-order valence-electron chi connectivity index (χ3n) is 12.5. The molecule has 2 fully saturated rings. The molecule has 0 bridgehead atoms. The van der Waals surface area contributed by atoms with Crippen LogP contribution in [0, 0.1) is 22.7 Å². The molecule has 4 heterocycles. The predicted molar refractivity (Wildman–Crippen MR) is 289 cm³/mol. The molecule has 2 aliphatic rings. The Morgan fingerprint density at radius 3 is 1.47 bits per heavy atom. The molecule has 0 saturated carbocycles. The van der Waals surface area contributed by atoms with Crippen LogP contribution in [0.1, 0.15) is 119 Å². The van der Waals surface area contributed by atoms with Crippen molar-refractivity contribution in [1.82, 2.24) is 19.8 Å². The smallest absolute Gasteiger partial charge is 0.410 e. The lowest BCUT2D eigenvalue weighted by Crippen LogP contribution is -2.42. The van der Waals surface area contributed by atoms with Crippen molar-refractivity contribution in [1.29, 1.82) is 10.5 Å². The van der Waals surface area contributed by atoms with Gasteiger partial charge < -0.3 is 39.8 Å². The Kier molecular flexibility index (Phi) is 17.8. The first kappa shape index (κ1) is 54.3. The number of benzene rings is 4. The van der Waals surface area contributed by atoms with Crippen molar-refractivity contribution in [2.75, 3.05) is 37.2 Å². The standard InChI is InChI=1S/C31H34N4O4.C29H32N4O3/c1-21(36)33-29-26(18-32)25(23-13-10-16-35(19-23)30(37)39-31(2,3)4)17-27(34-29)24-14-8-9-15-28(24)38-20-22-11-6-5-7-12-22;1-29(2,3)36-28(34)33-15-9-12-21(18-33)23-16-25(32-27(31)24(23)17-30)22-13-7-8-14-26(22)35-19-20-10-5-4-6-11-20/h5-9,11-12,14-15,17,23H,10,13,16,19-20H2,1-4H3,(H,33,34,36);4-8,10-11,13-14,16,21H,9,12,15,18-19H2,1-3H3,(H2,31,32). The highest BCUT2D eigenvalue weighted by molar-refractivity contribution is 5.90. The van der Waals surface area contributed by atoms with Crippen molar-refractivity contribution < 1.29 is 33.3 Å². The van der Waals surface area contributed by atoms with Crippen LogP contribution in [-0.2, 0) is 27.5 Å². The molecule has 2 unspecified atom stereocenters. The number of carbonyl (C=O) groups is 3. The van der Waals surface area contributed by atoms with Crippen LogP contribution in [0.5, 0.6) is 11.5 Å². The zero-order valence-corrected chi connectivity index (χ0v) is 43.9. The topological polar surface area (TPSA) is 206 Å². The molecule has 3 N–H and O–H groups in total. The number of nitrogen functional groups attached to an aromatic ring is 1. The Labute approximate surface area is 440 Å². The second-order valence-corrected chi connectivity index (χ2v) is 20.7. The second-order valence-electron chi connectivity index (χ2n) is 20.7. The first-order chi connectivity index (χ1) is 35.9. The van der Waals surface area contributed by atoms with E-state index in [0.717, 1.165) is 59.1 Å². The third kappa shape index (κ3) is 14.9. The van der Waals surface area contributed by atoms with Gasteiger partial charge in [0.1, 0.15) is 53.9 Å². The maximum Gasteiger partial charge on any atom is 0.410 e. The van der Waals surface area contributed by atoms with Gasteiger partial charge in [0.25, 0.3) is 0 Å². The van der Waals surface area contributed by atoms with Gasteiger partial charge >= 0.3 is 12.2 Å². The third-order valence-corrected chi connectivity index (χ3v) is 12.5. The van der Waals surface area contributed by atoms with E-state index >= 15 is 0 Å². The second kappa shape index (κ2) is 24.5. The van der Waals surface area contributed by atoms with Crippen LogP contribution in [0.15, 0.2) is 121 Å². The van der Waals surface area contributed by atoms with Crippen molar-refractivity contribution in [3.8, 4) is 46.2 Å². The summed E-state index contributed by atoms with van der Waals surface area (Å²) in [5, 5.41) is 22.7. The summed E-state index contributed by atoms with van der Waals surface area (Å²) in [6, 6.07) is 43.3. The van der Waals surface area contributed by atoms with Gasteiger partial charge in [-0.15, -0.1) is 0 Å². The molecule has 0 aliphatic carbocycles. The highest BCUT2D eigenvalue weighted by atomic mass is 16.6. The number of nitrogens with two attached hydrogens (primary N) is 1. The number of pyridine rings is 2. The van der Waals surface area contributed by atoms with E-state index < -0.39 is 11.2 Å². The van der Waals surface area contributed by atoms with Gasteiger partial charge in [0.15, 0.2) is 5.82 Å². The van der Waals surface area contributed by atoms with E-state index in [-0.39, 0.29) is 41.6 Å². The summed E-state index contributed by atoms with van der Waals surface area (Å²) in [7, 11) is 0. The minimum Gasteiger partial charge on any atom is -0.488 e. The summed E-state index contributed by atoms with van der Waals surface area (Å²) in [6.45, 7) is 15.3. The molecule has 15 heteroatoms. The molecule has 6 aromatic rings. The lowest BCUT2D eigenvalue weighted by molar-refractivity contribution is -0.114. The average Bonchev–Trinajstić information content (AvgIpc) is 3.39. The Hall–Kier alpha value is -8.43. The van der Waals surface area contributed by atoms with Crippen LogP contribution in [-0.4, -0.2) is 75.2 Å². The maximum atomic E-state index is 12.8. The van der Waals surface area contributed by atoms with E-state index in [0.29, 0.717) is 73.4 Å². The van der Waals surface area contributed by atoms with Gasteiger partial charge in [-0.3, -0.25) is 4.79 Å². The summed E-state index contributed by atoms with van der Waals surface area (Å²) >= 11 is 0. The Balaban J connectivity index is 0.000000219. The fourth-order valence-electron chi connectivity index (χ4n) is 9.09. The van der Waals surface area contributed by atoms with E-state index in [1.165, 1.54) is 6.92 Å². The van der Waals surface area contributed by atoms with E-state index in [4.69, 9.17) is 24.7 Å². The summed E-state index contributed by atoms with van der Waals surface area (Å²) < 4.78 is 23.5. The van der Waals surface area contributed by atoms with Gasteiger partial charge in [0, 0.05) is 56.1 Å². The molecule has 15 nitrogen and oxygen atoms in total. The summed E-state index contributed by atoms with van der Waals surface area (Å²) in [5.41, 5.74) is 12.1. The lowest BCUT2D eigenvalue weighted by Gasteiger charge is -2.34. The van der Waals surface area contributed by atoms with Crippen molar-refractivity contribution in [3.05, 3.63) is 155 Å². The SMILES string of the molecule is CC(=O)Nc1nc(-c2ccccc2OCc2ccccc2)cc(C2CCCN(C(=O)OC(C)(C)C)C2)c1C#N.CC(C)(C)OC(=O)N1CCCC(c2cc(-c3ccccc3OCc3ccccc3)nc(N)c2C#N)C1. The zero-order valence-electron chi connectivity index (χ0n) is 43.9.